The summed E-state index contributed by atoms with van der Waals surface area (Å²) in [5.74, 6) is -0.155. The third kappa shape index (κ3) is 2.22. The molecule has 0 saturated heterocycles. The quantitative estimate of drug-likeness (QED) is 0.845. The van der Waals surface area contributed by atoms with E-state index in [-0.39, 0.29) is 17.7 Å². The molecule has 1 unspecified atom stereocenters. The highest BCUT2D eigenvalue weighted by atomic mass is 16.3. The van der Waals surface area contributed by atoms with Gasteiger partial charge in [-0.1, -0.05) is 6.92 Å². The van der Waals surface area contributed by atoms with Crippen molar-refractivity contribution < 1.29 is 9.90 Å². The summed E-state index contributed by atoms with van der Waals surface area (Å²) in [4.78, 5) is 15.9. The minimum atomic E-state index is -0.220. The molecule has 0 aromatic carbocycles. The number of nitrogens with one attached hydrogen (secondary N) is 1. The van der Waals surface area contributed by atoms with Gasteiger partial charge in [-0.15, -0.1) is 0 Å². The van der Waals surface area contributed by atoms with Gasteiger partial charge in [-0.2, -0.15) is 0 Å². The maximum absolute atomic E-state index is 11.8. The van der Waals surface area contributed by atoms with Gasteiger partial charge in [0.15, 0.2) is 11.4 Å². The molecule has 0 fully saturated rings. The Labute approximate surface area is 99.1 Å². The van der Waals surface area contributed by atoms with Gasteiger partial charge in [0, 0.05) is 18.4 Å². The predicted molar refractivity (Wildman–Crippen MR) is 64.1 cm³/mol. The zero-order chi connectivity index (χ0) is 12.4. The first-order valence-corrected chi connectivity index (χ1v) is 5.59. The van der Waals surface area contributed by atoms with Crippen molar-refractivity contribution >= 4 is 11.6 Å². The van der Waals surface area contributed by atoms with Crippen molar-refractivity contribution in [2.75, 3.05) is 0 Å². The van der Waals surface area contributed by atoms with E-state index < -0.39 is 0 Å². The van der Waals surface area contributed by atoms with Crippen LogP contribution in [0.25, 0.3) is 5.65 Å². The molecule has 0 saturated carbocycles. The summed E-state index contributed by atoms with van der Waals surface area (Å²) >= 11 is 0. The molecule has 90 valence electrons. The number of amides is 1. The molecule has 5 nitrogen and oxygen atoms in total. The number of hydrogen-bond acceptors (Lipinski definition) is 3. The molecule has 0 aliphatic carbocycles. The smallest absolute Gasteiger partial charge is 0.271 e. The molecule has 0 aliphatic rings. The number of carbonyl (C=O) groups excluding carboxylic acids is 1. The van der Waals surface area contributed by atoms with Crippen LogP contribution in [0.15, 0.2) is 24.5 Å². The summed E-state index contributed by atoms with van der Waals surface area (Å²) in [6.45, 7) is 3.94. The second-order valence-electron chi connectivity index (χ2n) is 4.03. The Balaban J connectivity index is 2.30. The molecule has 0 bridgehead atoms. The van der Waals surface area contributed by atoms with Gasteiger partial charge in [0.1, 0.15) is 5.69 Å². The first-order chi connectivity index (χ1) is 8.11. The van der Waals surface area contributed by atoms with Crippen LogP contribution in [0.5, 0.6) is 5.75 Å². The first-order valence-electron chi connectivity index (χ1n) is 5.59. The number of pyridine rings is 1. The second-order valence-corrected chi connectivity index (χ2v) is 4.03. The molecule has 1 atom stereocenters. The van der Waals surface area contributed by atoms with Gasteiger partial charge in [0.25, 0.3) is 5.91 Å². The van der Waals surface area contributed by atoms with E-state index in [2.05, 4.69) is 10.3 Å². The summed E-state index contributed by atoms with van der Waals surface area (Å²) in [5.41, 5.74) is 0.702. The van der Waals surface area contributed by atoms with E-state index in [1.54, 1.807) is 28.9 Å². The molecule has 0 radical (unpaired) electrons. The van der Waals surface area contributed by atoms with Gasteiger partial charge in [0.2, 0.25) is 0 Å². The summed E-state index contributed by atoms with van der Waals surface area (Å²) < 4.78 is 1.63. The largest absolute Gasteiger partial charge is 0.504 e. The summed E-state index contributed by atoms with van der Waals surface area (Å²) in [5, 5.41) is 12.4. The van der Waals surface area contributed by atoms with Crippen LogP contribution in [-0.4, -0.2) is 26.4 Å². The summed E-state index contributed by atoms with van der Waals surface area (Å²) in [6, 6.07) is 3.35. The Morgan fingerprint density at radius 2 is 2.41 bits per heavy atom. The van der Waals surface area contributed by atoms with Crippen molar-refractivity contribution in [1.82, 2.24) is 14.7 Å². The lowest BCUT2D eigenvalue weighted by Crippen LogP contribution is -2.32. The summed E-state index contributed by atoms with van der Waals surface area (Å²) in [7, 11) is 0. The number of nitrogens with zero attached hydrogens (tertiary/aromatic N) is 2. The average molecular weight is 233 g/mol. The van der Waals surface area contributed by atoms with E-state index in [0.29, 0.717) is 11.3 Å². The van der Waals surface area contributed by atoms with Crippen molar-refractivity contribution in [3.63, 3.8) is 0 Å². The number of imidazole rings is 1. The molecule has 1 amide bonds. The molecule has 5 heteroatoms. The van der Waals surface area contributed by atoms with Gasteiger partial charge >= 0.3 is 0 Å². The standard InChI is InChI=1S/C12H15N3O2/c1-3-8(2)13-12(17)9-7-15-6-4-5-10(16)11(15)14-9/h4-8,16H,3H2,1-2H3,(H,13,17). The molecule has 0 spiro atoms. The molecule has 2 N–H and O–H groups in total. The number of fused-ring (bicyclic) bond motifs is 1. The molecule has 17 heavy (non-hydrogen) atoms. The van der Waals surface area contributed by atoms with Crippen LogP contribution in [0.4, 0.5) is 0 Å². The predicted octanol–water partition coefficient (Wildman–Crippen LogP) is 1.57. The number of aromatic nitrogens is 2. The first kappa shape index (κ1) is 11.4. The van der Waals surface area contributed by atoms with E-state index >= 15 is 0 Å². The van der Waals surface area contributed by atoms with Crippen LogP contribution < -0.4 is 5.32 Å². The zero-order valence-corrected chi connectivity index (χ0v) is 9.84. The van der Waals surface area contributed by atoms with Gasteiger partial charge in [-0.05, 0) is 25.5 Å². The van der Waals surface area contributed by atoms with Crippen molar-refractivity contribution in [2.24, 2.45) is 0 Å². The minimum Gasteiger partial charge on any atom is -0.504 e. The third-order valence-electron chi connectivity index (χ3n) is 2.68. The molecule has 2 aromatic heterocycles. The Kier molecular flexibility index (Phi) is 2.99. The van der Waals surface area contributed by atoms with Gasteiger partial charge in [-0.3, -0.25) is 4.79 Å². The van der Waals surface area contributed by atoms with Crippen LogP contribution >= 0.6 is 0 Å². The van der Waals surface area contributed by atoms with Crippen LogP contribution in [-0.2, 0) is 0 Å². The molecular formula is C12H15N3O2. The van der Waals surface area contributed by atoms with E-state index in [4.69, 9.17) is 0 Å². The fraction of sp³-hybridized carbons (Fsp3) is 0.333. The van der Waals surface area contributed by atoms with E-state index in [9.17, 15) is 9.90 Å². The number of rotatable bonds is 3. The van der Waals surface area contributed by atoms with Crippen molar-refractivity contribution in [2.45, 2.75) is 26.3 Å². The Morgan fingerprint density at radius 1 is 1.65 bits per heavy atom. The maximum Gasteiger partial charge on any atom is 0.271 e. The SMILES string of the molecule is CCC(C)NC(=O)c1cn2cccc(O)c2n1. The van der Waals surface area contributed by atoms with Crippen LogP contribution in [0, 0.1) is 0 Å². The topological polar surface area (TPSA) is 66.6 Å². The Hall–Kier alpha value is -2.04. The van der Waals surface area contributed by atoms with E-state index in [1.807, 2.05) is 13.8 Å². The van der Waals surface area contributed by atoms with Crippen LogP contribution in [0.2, 0.25) is 0 Å². The van der Waals surface area contributed by atoms with Gasteiger partial charge < -0.3 is 14.8 Å². The lowest BCUT2D eigenvalue weighted by Gasteiger charge is -2.08. The number of carbonyl (C=O) groups is 1. The van der Waals surface area contributed by atoms with Gasteiger partial charge in [-0.25, -0.2) is 4.98 Å². The highest BCUT2D eigenvalue weighted by molar-refractivity contribution is 5.93. The van der Waals surface area contributed by atoms with E-state index in [1.165, 1.54) is 0 Å². The lowest BCUT2D eigenvalue weighted by molar-refractivity contribution is 0.0935. The van der Waals surface area contributed by atoms with Crippen LogP contribution in [0.3, 0.4) is 0 Å². The summed E-state index contributed by atoms with van der Waals surface area (Å²) in [6.07, 6.45) is 4.21. The fourth-order valence-electron chi connectivity index (χ4n) is 1.51. The van der Waals surface area contributed by atoms with Crippen molar-refractivity contribution in [3.05, 3.63) is 30.2 Å². The second kappa shape index (κ2) is 4.45. The minimum absolute atomic E-state index is 0.0649. The molecular weight excluding hydrogens is 218 g/mol. The molecule has 2 aromatic rings. The molecule has 0 aliphatic heterocycles. The molecule has 2 heterocycles. The third-order valence-corrected chi connectivity index (χ3v) is 2.68. The van der Waals surface area contributed by atoms with Gasteiger partial charge in [0.05, 0.1) is 0 Å². The maximum atomic E-state index is 11.8. The molecule has 2 rings (SSSR count). The Morgan fingerprint density at radius 3 is 3.06 bits per heavy atom. The number of aromatic hydroxyl groups is 1. The highest BCUT2D eigenvalue weighted by Gasteiger charge is 2.13. The van der Waals surface area contributed by atoms with Crippen molar-refractivity contribution in [1.29, 1.82) is 0 Å². The van der Waals surface area contributed by atoms with Crippen LogP contribution in [0.1, 0.15) is 30.8 Å². The lowest BCUT2D eigenvalue weighted by atomic mass is 10.2. The van der Waals surface area contributed by atoms with Crippen molar-refractivity contribution in [3.8, 4) is 5.75 Å². The Bertz CT molecular complexity index is 548. The monoisotopic (exact) mass is 233 g/mol. The highest BCUT2D eigenvalue weighted by Crippen LogP contribution is 2.16. The number of hydrogen-bond donors (Lipinski definition) is 2. The van der Waals surface area contributed by atoms with E-state index in [0.717, 1.165) is 6.42 Å². The normalized spacial score (nSPS) is 12.6. The average Bonchev–Trinajstić information content (AvgIpc) is 2.74. The zero-order valence-electron chi connectivity index (χ0n) is 9.84. The fourth-order valence-corrected chi connectivity index (χ4v) is 1.51.